The van der Waals surface area contributed by atoms with Gasteiger partial charge in [0, 0.05) is 37.8 Å². The van der Waals surface area contributed by atoms with Gasteiger partial charge in [-0.3, -0.25) is 4.98 Å². The van der Waals surface area contributed by atoms with Crippen LogP contribution in [-0.2, 0) is 0 Å². The van der Waals surface area contributed by atoms with Crippen LogP contribution in [0.4, 0.5) is 0 Å². The lowest BCUT2D eigenvalue weighted by Crippen LogP contribution is -2.39. The van der Waals surface area contributed by atoms with Gasteiger partial charge in [0.1, 0.15) is 6.07 Å². The molecule has 3 fully saturated rings. The maximum absolute atomic E-state index is 9.43. The fourth-order valence-electron chi connectivity index (χ4n) is 6.13. The fraction of sp³-hybridized carbons (Fsp3) is 0.583. The maximum atomic E-state index is 9.43. The predicted molar refractivity (Wildman–Crippen MR) is 112 cm³/mol. The number of nitriles is 1. The van der Waals surface area contributed by atoms with Crippen molar-refractivity contribution in [2.75, 3.05) is 39.8 Å². The number of piperidine rings is 2. The normalized spacial score (nSPS) is 33.0. The molecule has 1 aromatic heterocycles. The van der Waals surface area contributed by atoms with Crippen LogP contribution in [0.3, 0.4) is 0 Å². The van der Waals surface area contributed by atoms with Gasteiger partial charge in [0.05, 0.1) is 11.1 Å². The Bertz CT molecular complexity index is 904. The average molecular weight is 375 g/mol. The van der Waals surface area contributed by atoms with E-state index in [9.17, 15) is 5.26 Å². The van der Waals surface area contributed by atoms with E-state index >= 15 is 0 Å². The number of benzene rings is 1. The third-order valence-electron chi connectivity index (χ3n) is 7.43. The molecular weight excluding hydrogens is 344 g/mol. The van der Waals surface area contributed by atoms with Crippen molar-refractivity contribution in [1.29, 1.82) is 5.26 Å². The molecule has 0 spiro atoms. The summed E-state index contributed by atoms with van der Waals surface area (Å²) in [5.41, 5.74) is 2.93. The second-order valence-electron chi connectivity index (χ2n) is 9.51. The van der Waals surface area contributed by atoms with Crippen molar-refractivity contribution in [1.82, 2.24) is 14.8 Å². The monoisotopic (exact) mass is 374 g/mol. The van der Waals surface area contributed by atoms with Crippen LogP contribution in [0.5, 0.6) is 0 Å². The Morgan fingerprint density at radius 2 is 1.96 bits per heavy atom. The van der Waals surface area contributed by atoms with Crippen molar-refractivity contribution in [3.8, 4) is 6.07 Å². The van der Waals surface area contributed by atoms with Gasteiger partial charge < -0.3 is 9.80 Å². The Morgan fingerprint density at radius 3 is 2.75 bits per heavy atom. The molecule has 5 rings (SSSR count). The molecule has 4 nitrogen and oxygen atoms in total. The van der Waals surface area contributed by atoms with Gasteiger partial charge in [-0.2, -0.15) is 5.26 Å². The highest BCUT2D eigenvalue weighted by molar-refractivity contribution is 5.87. The van der Waals surface area contributed by atoms with Gasteiger partial charge >= 0.3 is 0 Å². The van der Waals surface area contributed by atoms with Crippen LogP contribution in [0.25, 0.3) is 10.9 Å². The third kappa shape index (κ3) is 3.21. The minimum atomic E-state index is 0.535. The van der Waals surface area contributed by atoms with Gasteiger partial charge in [0.25, 0.3) is 0 Å². The molecular formula is C24H30N4. The summed E-state index contributed by atoms with van der Waals surface area (Å²) in [6, 6.07) is 10.6. The Labute approximate surface area is 168 Å². The number of likely N-dealkylation sites (tertiary alicyclic amines) is 2. The molecule has 0 bridgehead atoms. The summed E-state index contributed by atoms with van der Waals surface area (Å²) >= 11 is 0. The molecule has 1 aromatic carbocycles. The summed E-state index contributed by atoms with van der Waals surface area (Å²) in [4.78, 5) is 9.71. The number of pyridine rings is 1. The van der Waals surface area contributed by atoms with Gasteiger partial charge in [-0.05, 0) is 73.7 Å². The highest BCUT2D eigenvalue weighted by Gasteiger charge is 2.53. The first-order chi connectivity index (χ1) is 13.6. The lowest BCUT2D eigenvalue weighted by Gasteiger charge is -2.37. The first kappa shape index (κ1) is 18.1. The van der Waals surface area contributed by atoms with E-state index in [0.717, 1.165) is 29.8 Å². The van der Waals surface area contributed by atoms with E-state index in [2.05, 4.69) is 47.0 Å². The highest BCUT2D eigenvalue weighted by atomic mass is 15.2. The van der Waals surface area contributed by atoms with Crippen LogP contribution >= 0.6 is 0 Å². The van der Waals surface area contributed by atoms with Gasteiger partial charge in [-0.15, -0.1) is 0 Å². The molecule has 146 valence electrons. The molecule has 3 aliphatic rings. The van der Waals surface area contributed by atoms with Crippen molar-refractivity contribution in [3.05, 3.63) is 41.6 Å². The van der Waals surface area contributed by atoms with E-state index in [-0.39, 0.29) is 0 Å². The maximum Gasteiger partial charge on any atom is 0.101 e. The van der Waals surface area contributed by atoms with E-state index in [0.29, 0.717) is 17.4 Å². The number of rotatable bonds is 4. The Morgan fingerprint density at radius 1 is 1.14 bits per heavy atom. The average Bonchev–Trinajstić information content (AvgIpc) is 3.17. The molecule has 3 heterocycles. The van der Waals surface area contributed by atoms with Crippen LogP contribution in [-0.4, -0.2) is 54.6 Å². The molecule has 2 saturated heterocycles. The summed E-state index contributed by atoms with van der Waals surface area (Å²) in [5, 5.41) is 10.6. The Kier molecular flexibility index (Phi) is 4.61. The van der Waals surface area contributed by atoms with E-state index in [1.165, 1.54) is 50.0 Å². The summed E-state index contributed by atoms with van der Waals surface area (Å²) in [6.45, 7) is 8.64. The SMILES string of the molecule is C[C@@H]1C[C@@H](c2ccc(C#N)c3ncccc23)CN(CC[C@@H]2[C@H]3CN(C)C[C@@H]23)C1. The Hall–Kier alpha value is -1.96. The zero-order chi connectivity index (χ0) is 19.3. The number of nitrogens with zero attached hydrogens (tertiary/aromatic N) is 4. The van der Waals surface area contributed by atoms with Gasteiger partial charge in [-0.25, -0.2) is 0 Å². The quantitative estimate of drug-likeness (QED) is 0.818. The molecule has 0 radical (unpaired) electrons. The van der Waals surface area contributed by atoms with Crippen LogP contribution < -0.4 is 0 Å². The predicted octanol–water partition coefficient (Wildman–Crippen LogP) is 3.73. The molecule has 0 amide bonds. The molecule has 4 heteroatoms. The first-order valence-corrected chi connectivity index (χ1v) is 10.8. The molecule has 0 unspecified atom stereocenters. The summed E-state index contributed by atoms with van der Waals surface area (Å²) in [6.07, 6.45) is 4.40. The molecule has 2 aromatic rings. The molecule has 28 heavy (non-hydrogen) atoms. The van der Waals surface area contributed by atoms with Crippen molar-refractivity contribution < 1.29 is 0 Å². The number of hydrogen-bond acceptors (Lipinski definition) is 4. The number of fused-ring (bicyclic) bond motifs is 2. The van der Waals surface area contributed by atoms with Crippen LogP contribution in [0.1, 0.15) is 36.8 Å². The number of aromatic nitrogens is 1. The molecule has 5 atom stereocenters. The standard InChI is InChI=1S/C24H30N4/c1-16-10-18(19-6-5-17(11-25)24-21(19)4-3-8-26-24)13-28(12-16)9-7-20-22-14-27(2)15-23(20)22/h3-6,8,16,18,20,22-23H,7,9-10,12-15H2,1-2H3/t16-,18-,20-,22-,23+/m1/s1. The lowest BCUT2D eigenvalue weighted by atomic mass is 9.83. The molecule has 2 aliphatic heterocycles. The largest absolute Gasteiger partial charge is 0.306 e. The van der Waals surface area contributed by atoms with Crippen molar-refractivity contribution in [2.24, 2.45) is 23.7 Å². The summed E-state index contributed by atoms with van der Waals surface area (Å²) < 4.78 is 0. The van der Waals surface area contributed by atoms with Crippen molar-refractivity contribution >= 4 is 10.9 Å². The van der Waals surface area contributed by atoms with Crippen LogP contribution in [0.2, 0.25) is 0 Å². The van der Waals surface area contributed by atoms with Crippen LogP contribution in [0.15, 0.2) is 30.5 Å². The van der Waals surface area contributed by atoms with E-state index in [4.69, 9.17) is 0 Å². The summed E-state index contributed by atoms with van der Waals surface area (Å²) in [5.74, 6) is 4.19. The topological polar surface area (TPSA) is 43.2 Å². The zero-order valence-electron chi connectivity index (χ0n) is 17.0. The van der Waals surface area contributed by atoms with Gasteiger partial charge in [-0.1, -0.05) is 19.1 Å². The van der Waals surface area contributed by atoms with Crippen LogP contribution in [0, 0.1) is 35.0 Å². The molecule has 0 N–H and O–H groups in total. The third-order valence-corrected chi connectivity index (χ3v) is 7.43. The second kappa shape index (κ2) is 7.13. The molecule has 1 saturated carbocycles. The van der Waals surface area contributed by atoms with Gasteiger partial charge in [0.15, 0.2) is 0 Å². The van der Waals surface area contributed by atoms with E-state index < -0.39 is 0 Å². The number of hydrogen-bond donors (Lipinski definition) is 0. The minimum absolute atomic E-state index is 0.535. The molecule has 1 aliphatic carbocycles. The highest BCUT2D eigenvalue weighted by Crippen LogP contribution is 2.53. The van der Waals surface area contributed by atoms with Crippen molar-refractivity contribution in [3.63, 3.8) is 0 Å². The second-order valence-corrected chi connectivity index (χ2v) is 9.51. The fourth-order valence-corrected chi connectivity index (χ4v) is 6.13. The minimum Gasteiger partial charge on any atom is -0.306 e. The Balaban J connectivity index is 1.31. The lowest BCUT2D eigenvalue weighted by molar-refractivity contribution is 0.157. The zero-order valence-corrected chi connectivity index (χ0v) is 17.0. The van der Waals surface area contributed by atoms with Crippen molar-refractivity contribution in [2.45, 2.75) is 25.7 Å². The first-order valence-electron chi connectivity index (χ1n) is 10.8. The smallest absolute Gasteiger partial charge is 0.101 e. The van der Waals surface area contributed by atoms with E-state index in [1.807, 2.05) is 12.1 Å². The summed E-state index contributed by atoms with van der Waals surface area (Å²) in [7, 11) is 2.26. The van der Waals surface area contributed by atoms with Gasteiger partial charge in [0.2, 0.25) is 0 Å². The van der Waals surface area contributed by atoms with E-state index in [1.54, 1.807) is 6.20 Å².